The molecule has 0 aliphatic carbocycles. The lowest BCUT2D eigenvalue weighted by Crippen LogP contribution is -2.00. The van der Waals surface area contributed by atoms with E-state index in [1.54, 1.807) is 6.07 Å². The second-order valence-electron chi connectivity index (χ2n) is 3.95. The minimum Gasteiger partial charge on any atom is -0.488 e. The zero-order chi connectivity index (χ0) is 13.7. The third-order valence-electron chi connectivity index (χ3n) is 2.67. The third kappa shape index (κ3) is 3.24. The van der Waals surface area contributed by atoms with Gasteiger partial charge in [0.25, 0.3) is 0 Å². The van der Waals surface area contributed by atoms with Crippen LogP contribution in [0.1, 0.15) is 16.7 Å². The van der Waals surface area contributed by atoms with E-state index in [-0.39, 0.29) is 12.4 Å². The van der Waals surface area contributed by atoms with Crippen LogP contribution in [-0.4, -0.2) is 0 Å². The molecule has 0 saturated carbocycles. The molecule has 0 N–H and O–H groups in total. The Morgan fingerprint density at radius 2 is 1.95 bits per heavy atom. The molecule has 0 saturated heterocycles. The lowest BCUT2D eigenvalue weighted by molar-refractivity contribution is 0.297. The molecule has 2 nitrogen and oxygen atoms in total. The summed E-state index contributed by atoms with van der Waals surface area (Å²) in [6, 6.07) is 13.5. The molecular formula is C15H11ClFNO. The molecule has 96 valence electrons. The average Bonchev–Trinajstić information content (AvgIpc) is 2.46. The van der Waals surface area contributed by atoms with Crippen molar-refractivity contribution in [2.24, 2.45) is 0 Å². The Bertz CT molecular complexity index is 622. The quantitative estimate of drug-likeness (QED) is 0.790. The molecule has 2 rings (SSSR count). The second-order valence-corrected chi connectivity index (χ2v) is 4.22. The van der Waals surface area contributed by atoms with E-state index in [2.05, 4.69) is 0 Å². The average molecular weight is 276 g/mol. The van der Waals surface area contributed by atoms with E-state index in [4.69, 9.17) is 21.6 Å². The van der Waals surface area contributed by atoms with Gasteiger partial charge in [-0.1, -0.05) is 18.2 Å². The van der Waals surface area contributed by atoms with Crippen molar-refractivity contribution in [2.45, 2.75) is 12.5 Å². The molecule has 0 bridgehead atoms. The van der Waals surface area contributed by atoms with Crippen molar-refractivity contribution in [2.75, 3.05) is 0 Å². The molecule has 0 aliphatic rings. The van der Waals surface area contributed by atoms with Gasteiger partial charge in [0.2, 0.25) is 0 Å². The van der Waals surface area contributed by atoms with Gasteiger partial charge in [-0.15, -0.1) is 11.6 Å². The SMILES string of the molecule is N#Cc1ccc(F)c(COc2ccccc2CCl)c1. The Morgan fingerprint density at radius 3 is 2.68 bits per heavy atom. The van der Waals surface area contributed by atoms with Gasteiger partial charge in [0.15, 0.2) is 0 Å². The Labute approximate surface area is 116 Å². The van der Waals surface area contributed by atoms with Gasteiger partial charge >= 0.3 is 0 Å². The lowest BCUT2D eigenvalue weighted by atomic mass is 10.1. The highest BCUT2D eigenvalue weighted by molar-refractivity contribution is 6.17. The molecule has 0 aliphatic heterocycles. The molecule has 0 aromatic heterocycles. The normalized spacial score (nSPS) is 9.95. The smallest absolute Gasteiger partial charge is 0.129 e. The number of nitrogens with zero attached hydrogens (tertiary/aromatic N) is 1. The van der Waals surface area contributed by atoms with Crippen molar-refractivity contribution in [1.82, 2.24) is 0 Å². The monoisotopic (exact) mass is 275 g/mol. The molecule has 4 heteroatoms. The number of para-hydroxylation sites is 1. The van der Waals surface area contributed by atoms with Crippen LogP contribution in [0.2, 0.25) is 0 Å². The zero-order valence-corrected chi connectivity index (χ0v) is 10.8. The highest BCUT2D eigenvalue weighted by atomic mass is 35.5. The van der Waals surface area contributed by atoms with Crippen molar-refractivity contribution in [3.05, 3.63) is 65.0 Å². The van der Waals surface area contributed by atoms with E-state index in [1.165, 1.54) is 18.2 Å². The lowest BCUT2D eigenvalue weighted by Gasteiger charge is -2.10. The number of rotatable bonds is 4. The highest BCUT2D eigenvalue weighted by Gasteiger charge is 2.06. The van der Waals surface area contributed by atoms with Crippen LogP contribution < -0.4 is 4.74 Å². The first-order valence-corrected chi connectivity index (χ1v) is 6.23. The number of hydrogen-bond acceptors (Lipinski definition) is 2. The fourth-order valence-electron chi connectivity index (χ4n) is 1.67. The molecule has 0 spiro atoms. The third-order valence-corrected chi connectivity index (χ3v) is 2.96. The van der Waals surface area contributed by atoms with Crippen molar-refractivity contribution in [1.29, 1.82) is 5.26 Å². The molecule has 0 atom stereocenters. The first-order chi connectivity index (χ1) is 9.24. The molecule has 0 amide bonds. The molecule has 19 heavy (non-hydrogen) atoms. The topological polar surface area (TPSA) is 33.0 Å². The summed E-state index contributed by atoms with van der Waals surface area (Å²) >= 11 is 5.80. The second kappa shape index (κ2) is 6.21. The largest absolute Gasteiger partial charge is 0.488 e. The van der Waals surface area contributed by atoms with Crippen LogP contribution in [-0.2, 0) is 12.5 Å². The van der Waals surface area contributed by atoms with E-state index in [0.717, 1.165) is 5.56 Å². The van der Waals surface area contributed by atoms with E-state index >= 15 is 0 Å². The minimum atomic E-state index is -0.387. The molecule has 2 aromatic rings. The summed E-state index contributed by atoms with van der Waals surface area (Å²) in [4.78, 5) is 0. The Morgan fingerprint density at radius 1 is 1.16 bits per heavy atom. The Balaban J connectivity index is 2.17. The van der Waals surface area contributed by atoms with Crippen LogP contribution in [0, 0.1) is 17.1 Å². The predicted octanol–water partition coefficient (Wildman–Crippen LogP) is 4.02. The number of ether oxygens (including phenoxy) is 1. The standard InChI is InChI=1S/C15H11ClFNO/c16-8-12-3-1-2-4-15(12)19-10-13-7-11(9-18)5-6-14(13)17/h1-7H,8,10H2. The molecule has 0 radical (unpaired) electrons. The zero-order valence-electron chi connectivity index (χ0n) is 10.1. The van der Waals surface area contributed by atoms with Gasteiger partial charge in [0, 0.05) is 11.1 Å². The van der Waals surface area contributed by atoms with Gasteiger partial charge in [0.05, 0.1) is 17.5 Å². The molecule has 0 fully saturated rings. The van der Waals surface area contributed by atoms with Crippen LogP contribution in [0.3, 0.4) is 0 Å². The predicted molar refractivity (Wildman–Crippen MR) is 71.4 cm³/mol. The fraction of sp³-hybridized carbons (Fsp3) is 0.133. The molecular weight excluding hydrogens is 265 g/mol. The van der Waals surface area contributed by atoms with E-state index in [1.807, 2.05) is 24.3 Å². The first-order valence-electron chi connectivity index (χ1n) is 5.70. The van der Waals surface area contributed by atoms with Gasteiger partial charge in [-0.3, -0.25) is 0 Å². The Hall–Kier alpha value is -2.05. The van der Waals surface area contributed by atoms with Gasteiger partial charge in [-0.2, -0.15) is 5.26 Å². The van der Waals surface area contributed by atoms with Crippen molar-refractivity contribution >= 4 is 11.6 Å². The summed E-state index contributed by atoms with van der Waals surface area (Å²) in [6.45, 7) is 0.0647. The summed E-state index contributed by atoms with van der Waals surface area (Å²) in [5.41, 5.74) is 1.61. The van der Waals surface area contributed by atoms with Crippen LogP contribution in [0.15, 0.2) is 42.5 Å². The molecule has 0 heterocycles. The van der Waals surface area contributed by atoms with Crippen molar-refractivity contribution < 1.29 is 9.13 Å². The van der Waals surface area contributed by atoms with E-state index in [0.29, 0.717) is 22.8 Å². The summed E-state index contributed by atoms with van der Waals surface area (Å²) in [5, 5.41) is 8.79. The van der Waals surface area contributed by atoms with Gasteiger partial charge in [-0.25, -0.2) is 4.39 Å². The van der Waals surface area contributed by atoms with E-state index < -0.39 is 0 Å². The number of nitriles is 1. The maximum atomic E-state index is 13.6. The van der Waals surface area contributed by atoms with Crippen LogP contribution in [0.4, 0.5) is 4.39 Å². The van der Waals surface area contributed by atoms with Crippen molar-refractivity contribution in [3.63, 3.8) is 0 Å². The van der Waals surface area contributed by atoms with Crippen LogP contribution in [0.5, 0.6) is 5.75 Å². The highest BCUT2D eigenvalue weighted by Crippen LogP contribution is 2.21. The number of halogens is 2. The van der Waals surface area contributed by atoms with E-state index in [9.17, 15) is 4.39 Å². The summed E-state index contributed by atoms with van der Waals surface area (Å²) in [6.07, 6.45) is 0. The Kier molecular flexibility index (Phi) is 4.38. The number of hydrogen-bond donors (Lipinski definition) is 0. The molecule has 0 unspecified atom stereocenters. The summed E-state index contributed by atoms with van der Waals surface area (Å²) < 4.78 is 19.1. The molecule has 2 aromatic carbocycles. The summed E-state index contributed by atoms with van der Waals surface area (Å²) in [7, 11) is 0. The first kappa shape index (κ1) is 13.4. The fourth-order valence-corrected chi connectivity index (χ4v) is 1.89. The number of alkyl halides is 1. The minimum absolute atomic E-state index is 0.0647. The maximum absolute atomic E-state index is 13.6. The van der Waals surface area contributed by atoms with Gasteiger partial charge in [0.1, 0.15) is 18.2 Å². The number of benzene rings is 2. The van der Waals surface area contributed by atoms with Crippen molar-refractivity contribution in [3.8, 4) is 11.8 Å². The van der Waals surface area contributed by atoms with Crippen LogP contribution in [0.25, 0.3) is 0 Å². The summed E-state index contributed by atoms with van der Waals surface area (Å²) in [5.74, 6) is 0.568. The maximum Gasteiger partial charge on any atom is 0.129 e. The van der Waals surface area contributed by atoms with Gasteiger partial charge in [-0.05, 0) is 24.3 Å². The van der Waals surface area contributed by atoms with Crippen LogP contribution >= 0.6 is 11.6 Å². The van der Waals surface area contributed by atoms with Gasteiger partial charge < -0.3 is 4.74 Å².